The van der Waals surface area contributed by atoms with Crippen molar-refractivity contribution in [3.05, 3.63) is 60.4 Å². The molecule has 0 radical (unpaired) electrons. The van der Waals surface area contributed by atoms with Crippen molar-refractivity contribution in [3.8, 4) is 22.5 Å². The number of hydrogen-bond donors (Lipinski definition) is 2. The summed E-state index contributed by atoms with van der Waals surface area (Å²) in [6, 6.07) is 10.4. The van der Waals surface area contributed by atoms with Crippen LogP contribution < -0.4 is 5.32 Å². The van der Waals surface area contributed by atoms with Crippen LogP contribution in [0.5, 0.6) is 0 Å². The van der Waals surface area contributed by atoms with E-state index in [1.54, 1.807) is 24.5 Å². The highest BCUT2D eigenvalue weighted by atomic mass is 19.1. The molecule has 0 spiro atoms. The van der Waals surface area contributed by atoms with Crippen molar-refractivity contribution < 1.29 is 4.39 Å². The quantitative estimate of drug-likeness (QED) is 0.672. The predicted molar refractivity (Wildman–Crippen MR) is 98.8 cm³/mol. The Labute approximate surface area is 147 Å². The fourth-order valence-electron chi connectivity index (χ4n) is 3.06. The summed E-state index contributed by atoms with van der Waals surface area (Å²) in [5.74, 6) is 1.02. The van der Waals surface area contributed by atoms with Crippen LogP contribution in [0.3, 0.4) is 0 Å². The lowest BCUT2D eigenvalue weighted by atomic mass is 10.0. The molecule has 130 valence electrons. The van der Waals surface area contributed by atoms with Gasteiger partial charge in [-0.25, -0.2) is 9.37 Å². The molecule has 1 atom stereocenters. The fourth-order valence-corrected chi connectivity index (χ4v) is 3.06. The molecule has 0 saturated heterocycles. The number of hydrogen-bond acceptors (Lipinski definition) is 3. The van der Waals surface area contributed by atoms with E-state index in [1.807, 2.05) is 19.2 Å². The van der Waals surface area contributed by atoms with Crippen LogP contribution in [-0.4, -0.2) is 28.5 Å². The largest absolute Gasteiger partial charge is 0.341 e. The highest BCUT2D eigenvalue weighted by molar-refractivity contribution is 5.78. The lowest BCUT2D eigenvalue weighted by Gasteiger charge is -2.12. The first kappa shape index (κ1) is 17.3. The molecule has 0 aliphatic rings. The number of likely N-dealkylation sites (N-methyl/N-ethyl adjacent to an activating group) is 1. The maximum absolute atomic E-state index is 13.3. The molecule has 0 fully saturated rings. The van der Waals surface area contributed by atoms with Gasteiger partial charge in [0.05, 0.1) is 11.4 Å². The van der Waals surface area contributed by atoms with Gasteiger partial charge in [-0.05, 0) is 49.9 Å². The summed E-state index contributed by atoms with van der Waals surface area (Å²) >= 11 is 0. The molecule has 2 aromatic heterocycles. The summed E-state index contributed by atoms with van der Waals surface area (Å²) in [5, 5.41) is 3.25. The number of benzene rings is 1. The number of nitrogens with one attached hydrogen (secondary N) is 2. The number of pyridine rings is 1. The molecule has 2 N–H and O–H groups in total. The summed E-state index contributed by atoms with van der Waals surface area (Å²) < 4.78 is 13.3. The summed E-state index contributed by atoms with van der Waals surface area (Å²) in [4.78, 5) is 12.5. The summed E-state index contributed by atoms with van der Waals surface area (Å²) in [5.41, 5.74) is 3.71. The zero-order valence-corrected chi connectivity index (χ0v) is 14.6. The Hall–Kier alpha value is -2.53. The van der Waals surface area contributed by atoms with Crippen molar-refractivity contribution in [2.45, 2.75) is 25.7 Å². The van der Waals surface area contributed by atoms with Gasteiger partial charge in [-0.1, -0.05) is 13.3 Å². The van der Waals surface area contributed by atoms with E-state index in [1.165, 1.54) is 12.1 Å². The molecule has 25 heavy (non-hydrogen) atoms. The molecule has 0 saturated carbocycles. The van der Waals surface area contributed by atoms with Crippen LogP contribution in [-0.2, 0) is 0 Å². The molecule has 5 heteroatoms. The molecule has 0 aliphatic heterocycles. The minimum absolute atomic E-state index is 0.246. The molecule has 0 amide bonds. The van der Waals surface area contributed by atoms with Gasteiger partial charge in [0.15, 0.2) is 0 Å². The second-order valence-corrected chi connectivity index (χ2v) is 6.13. The average Bonchev–Trinajstić information content (AvgIpc) is 3.08. The number of rotatable bonds is 7. The van der Waals surface area contributed by atoms with Gasteiger partial charge in [-0.15, -0.1) is 0 Å². The molecule has 0 bridgehead atoms. The molecule has 3 rings (SSSR count). The predicted octanol–water partition coefficient (Wildman–Crippen LogP) is 4.38. The third kappa shape index (κ3) is 3.94. The maximum Gasteiger partial charge on any atom is 0.123 e. The van der Waals surface area contributed by atoms with Gasteiger partial charge >= 0.3 is 0 Å². The van der Waals surface area contributed by atoms with Crippen LogP contribution in [0.15, 0.2) is 48.8 Å². The van der Waals surface area contributed by atoms with Crippen LogP contribution in [0.4, 0.5) is 4.39 Å². The lowest BCUT2D eigenvalue weighted by molar-refractivity contribution is 0.554. The van der Waals surface area contributed by atoms with Gasteiger partial charge < -0.3 is 10.3 Å². The van der Waals surface area contributed by atoms with E-state index >= 15 is 0 Å². The molecule has 1 unspecified atom stereocenters. The topological polar surface area (TPSA) is 53.6 Å². The number of halogens is 1. The van der Waals surface area contributed by atoms with Gasteiger partial charge in [0.2, 0.25) is 0 Å². The van der Waals surface area contributed by atoms with E-state index in [0.29, 0.717) is 5.92 Å². The Balaban J connectivity index is 2.09. The van der Waals surface area contributed by atoms with E-state index in [2.05, 4.69) is 22.2 Å². The van der Waals surface area contributed by atoms with Gasteiger partial charge in [0.1, 0.15) is 11.6 Å². The van der Waals surface area contributed by atoms with E-state index in [0.717, 1.165) is 47.7 Å². The van der Waals surface area contributed by atoms with Crippen molar-refractivity contribution in [1.82, 2.24) is 20.3 Å². The Morgan fingerprint density at radius 1 is 1.08 bits per heavy atom. The minimum atomic E-state index is -0.246. The first-order chi connectivity index (χ1) is 12.2. The van der Waals surface area contributed by atoms with Crippen molar-refractivity contribution in [2.24, 2.45) is 0 Å². The first-order valence-corrected chi connectivity index (χ1v) is 8.63. The number of H-pyrrole nitrogens is 1. The minimum Gasteiger partial charge on any atom is -0.341 e. The van der Waals surface area contributed by atoms with Crippen molar-refractivity contribution in [1.29, 1.82) is 0 Å². The Kier molecular flexibility index (Phi) is 5.56. The summed E-state index contributed by atoms with van der Waals surface area (Å²) in [7, 11) is 1.95. The van der Waals surface area contributed by atoms with E-state index in [9.17, 15) is 4.39 Å². The highest BCUT2D eigenvalue weighted by Crippen LogP contribution is 2.32. The number of aromatic nitrogens is 3. The molecule has 4 nitrogen and oxygen atoms in total. The molecule has 0 aliphatic carbocycles. The maximum atomic E-state index is 13.3. The Bertz CT molecular complexity index is 790. The van der Waals surface area contributed by atoms with E-state index in [4.69, 9.17) is 4.98 Å². The number of nitrogens with zero attached hydrogens (tertiary/aromatic N) is 2. The second-order valence-electron chi connectivity index (χ2n) is 6.13. The van der Waals surface area contributed by atoms with E-state index in [-0.39, 0.29) is 5.82 Å². The van der Waals surface area contributed by atoms with Crippen molar-refractivity contribution >= 4 is 0 Å². The van der Waals surface area contributed by atoms with Crippen LogP contribution >= 0.6 is 0 Å². The standard InChI is InChI=1S/C20H23FN4/c1-3-4-16(13-22-2)20-24-18(14-5-7-17(21)8-6-14)19(25-20)15-9-11-23-12-10-15/h5-12,16,22H,3-4,13H2,1-2H3,(H,24,25). The van der Waals surface area contributed by atoms with Gasteiger partial charge in [-0.3, -0.25) is 4.98 Å². The highest BCUT2D eigenvalue weighted by Gasteiger charge is 2.19. The van der Waals surface area contributed by atoms with Gasteiger partial charge in [0.25, 0.3) is 0 Å². The van der Waals surface area contributed by atoms with Crippen LogP contribution in [0.1, 0.15) is 31.5 Å². The number of aromatic amines is 1. The van der Waals surface area contributed by atoms with E-state index < -0.39 is 0 Å². The molecule has 3 aromatic rings. The van der Waals surface area contributed by atoms with Gasteiger partial charge in [-0.2, -0.15) is 0 Å². The summed E-state index contributed by atoms with van der Waals surface area (Å²) in [6.45, 7) is 3.04. The van der Waals surface area contributed by atoms with Crippen LogP contribution in [0, 0.1) is 5.82 Å². The zero-order chi connectivity index (χ0) is 17.6. The molecular weight excluding hydrogens is 315 g/mol. The first-order valence-electron chi connectivity index (χ1n) is 8.63. The molecule has 1 aromatic carbocycles. The monoisotopic (exact) mass is 338 g/mol. The lowest BCUT2D eigenvalue weighted by Crippen LogP contribution is -2.18. The SMILES string of the molecule is CCCC(CNC)c1nc(-c2ccc(F)cc2)c(-c2ccncc2)[nH]1. The average molecular weight is 338 g/mol. The normalized spacial score (nSPS) is 12.3. The fraction of sp³-hybridized carbons (Fsp3) is 0.300. The van der Waals surface area contributed by atoms with Crippen LogP contribution in [0.2, 0.25) is 0 Å². The third-order valence-electron chi connectivity index (χ3n) is 4.28. The van der Waals surface area contributed by atoms with Crippen molar-refractivity contribution in [3.63, 3.8) is 0 Å². The third-order valence-corrected chi connectivity index (χ3v) is 4.28. The Morgan fingerprint density at radius 3 is 2.44 bits per heavy atom. The smallest absolute Gasteiger partial charge is 0.123 e. The number of imidazole rings is 1. The molecule has 2 heterocycles. The Morgan fingerprint density at radius 2 is 1.80 bits per heavy atom. The summed E-state index contributed by atoms with van der Waals surface area (Å²) in [6.07, 6.45) is 5.67. The van der Waals surface area contributed by atoms with Gasteiger partial charge in [0, 0.05) is 36.0 Å². The second kappa shape index (κ2) is 8.03. The zero-order valence-electron chi connectivity index (χ0n) is 14.6. The van der Waals surface area contributed by atoms with Crippen molar-refractivity contribution in [2.75, 3.05) is 13.6 Å². The van der Waals surface area contributed by atoms with Crippen LogP contribution in [0.25, 0.3) is 22.5 Å². The molecular formula is C20H23FN4.